The lowest BCUT2D eigenvalue weighted by Gasteiger charge is -2.33. The molecule has 0 unspecified atom stereocenters. The van der Waals surface area contributed by atoms with Crippen molar-refractivity contribution in [2.45, 2.75) is 26.3 Å². The number of piperazine rings is 1. The monoisotopic (exact) mass is 335 g/mol. The van der Waals surface area contributed by atoms with Gasteiger partial charge in [-0.15, -0.1) is 17.5 Å². The normalized spacial score (nSPS) is 17.7. The van der Waals surface area contributed by atoms with Gasteiger partial charge in [0.15, 0.2) is 0 Å². The number of para-hydroxylation sites is 1. The zero-order valence-corrected chi connectivity index (χ0v) is 14.2. The van der Waals surface area contributed by atoms with Crippen LogP contribution >= 0.6 is 12.4 Å². The summed E-state index contributed by atoms with van der Waals surface area (Å²) in [6.45, 7) is 6.38. The molecule has 0 saturated carbocycles. The summed E-state index contributed by atoms with van der Waals surface area (Å²) in [7, 11) is 0. The Hall–Kier alpha value is -1.92. The highest BCUT2D eigenvalue weighted by atomic mass is 35.5. The van der Waals surface area contributed by atoms with Gasteiger partial charge >= 0.3 is 0 Å². The third-order valence-electron chi connectivity index (χ3n) is 3.94. The summed E-state index contributed by atoms with van der Waals surface area (Å²) in [5.74, 6) is 1.00. The molecule has 1 aliphatic heterocycles. The van der Waals surface area contributed by atoms with Gasteiger partial charge in [-0.05, 0) is 19.1 Å². The molecule has 1 atom stereocenters. The lowest BCUT2D eigenvalue weighted by atomic mass is 10.2. The van der Waals surface area contributed by atoms with Crippen molar-refractivity contribution in [3.05, 3.63) is 42.0 Å². The van der Waals surface area contributed by atoms with E-state index < -0.39 is 0 Å². The van der Waals surface area contributed by atoms with Crippen LogP contribution in [0.15, 0.2) is 30.3 Å². The zero-order chi connectivity index (χ0) is 15.5. The van der Waals surface area contributed by atoms with E-state index in [1.807, 2.05) is 49.1 Å². The van der Waals surface area contributed by atoms with E-state index in [1.165, 1.54) is 0 Å². The maximum atomic E-state index is 12.7. The molecule has 2 aromatic rings. The van der Waals surface area contributed by atoms with Crippen LogP contribution in [-0.2, 0) is 6.42 Å². The van der Waals surface area contributed by atoms with Gasteiger partial charge < -0.3 is 10.2 Å². The summed E-state index contributed by atoms with van der Waals surface area (Å²) in [4.78, 5) is 19.0. The standard InChI is InChI=1S/C16H21N5O.ClH/c1-3-14-18-15(16(22)20-10-9-17-11-12(20)2)19-21(14)13-7-5-4-6-8-13;/h4-8,12,17H,3,9-11H2,1-2H3;1H/t12-;/m1./s1. The van der Waals surface area contributed by atoms with Crippen LogP contribution in [0, 0.1) is 0 Å². The Balaban J connectivity index is 0.00000192. The van der Waals surface area contributed by atoms with Crippen LogP contribution in [0.2, 0.25) is 0 Å². The molecular weight excluding hydrogens is 314 g/mol. The van der Waals surface area contributed by atoms with Crippen molar-refractivity contribution >= 4 is 18.3 Å². The number of halogens is 1. The molecule has 0 bridgehead atoms. The van der Waals surface area contributed by atoms with E-state index in [-0.39, 0.29) is 30.2 Å². The second-order valence-corrected chi connectivity index (χ2v) is 5.50. The molecule has 1 saturated heterocycles. The highest BCUT2D eigenvalue weighted by Crippen LogP contribution is 2.13. The molecule has 6 nitrogen and oxygen atoms in total. The molecule has 1 fully saturated rings. The molecule has 1 amide bonds. The molecular formula is C16H22ClN5O. The molecule has 1 N–H and O–H groups in total. The lowest BCUT2D eigenvalue weighted by molar-refractivity contribution is 0.0643. The molecule has 1 aliphatic rings. The minimum atomic E-state index is -0.0848. The Morgan fingerprint density at radius 2 is 2.09 bits per heavy atom. The number of nitrogens with one attached hydrogen (secondary N) is 1. The van der Waals surface area contributed by atoms with E-state index in [0.29, 0.717) is 6.54 Å². The average molecular weight is 336 g/mol. The van der Waals surface area contributed by atoms with Gasteiger partial charge in [0.05, 0.1) is 5.69 Å². The largest absolute Gasteiger partial charge is 0.331 e. The Kier molecular flexibility index (Phi) is 5.74. The number of carbonyl (C=O) groups is 1. The van der Waals surface area contributed by atoms with E-state index >= 15 is 0 Å². The molecule has 1 aromatic heterocycles. The number of hydrogen-bond donors (Lipinski definition) is 1. The second-order valence-electron chi connectivity index (χ2n) is 5.50. The molecule has 0 aliphatic carbocycles. The van der Waals surface area contributed by atoms with Crippen molar-refractivity contribution in [3.8, 4) is 5.69 Å². The number of benzene rings is 1. The zero-order valence-electron chi connectivity index (χ0n) is 13.4. The molecule has 124 valence electrons. The second kappa shape index (κ2) is 7.57. The Morgan fingerprint density at radius 1 is 1.35 bits per heavy atom. The maximum absolute atomic E-state index is 12.7. The van der Waals surface area contributed by atoms with Crippen molar-refractivity contribution in [1.29, 1.82) is 0 Å². The maximum Gasteiger partial charge on any atom is 0.293 e. The average Bonchev–Trinajstić information content (AvgIpc) is 3.00. The van der Waals surface area contributed by atoms with Crippen LogP contribution in [0.1, 0.15) is 30.3 Å². The van der Waals surface area contributed by atoms with Crippen LogP contribution in [0.4, 0.5) is 0 Å². The van der Waals surface area contributed by atoms with Gasteiger partial charge in [0.1, 0.15) is 5.82 Å². The molecule has 23 heavy (non-hydrogen) atoms. The van der Waals surface area contributed by atoms with Gasteiger partial charge in [-0.25, -0.2) is 9.67 Å². The van der Waals surface area contributed by atoms with Crippen molar-refractivity contribution in [1.82, 2.24) is 25.0 Å². The first-order chi connectivity index (χ1) is 10.7. The minimum Gasteiger partial charge on any atom is -0.331 e. The van der Waals surface area contributed by atoms with Gasteiger partial charge in [0, 0.05) is 32.1 Å². The summed E-state index contributed by atoms with van der Waals surface area (Å²) in [6.07, 6.45) is 0.728. The number of aromatic nitrogens is 3. The van der Waals surface area contributed by atoms with E-state index in [2.05, 4.69) is 15.4 Å². The first-order valence-electron chi connectivity index (χ1n) is 7.73. The van der Waals surface area contributed by atoms with Crippen LogP contribution in [-0.4, -0.2) is 51.2 Å². The summed E-state index contributed by atoms with van der Waals surface area (Å²) in [6, 6.07) is 9.97. The molecule has 3 rings (SSSR count). The predicted octanol–water partition coefficient (Wildman–Crippen LogP) is 1.69. The minimum absolute atomic E-state index is 0. The number of carbonyl (C=O) groups excluding carboxylic acids is 1. The van der Waals surface area contributed by atoms with Crippen molar-refractivity contribution in [2.24, 2.45) is 0 Å². The fourth-order valence-corrected chi connectivity index (χ4v) is 2.71. The third-order valence-corrected chi connectivity index (χ3v) is 3.94. The topological polar surface area (TPSA) is 63.1 Å². The fourth-order valence-electron chi connectivity index (χ4n) is 2.71. The smallest absolute Gasteiger partial charge is 0.293 e. The van der Waals surface area contributed by atoms with Crippen molar-refractivity contribution in [2.75, 3.05) is 19.6 Å². The number of hydrogen-bond acceptors (Lipinski definition) is 4. The highest BCUT2D eigenvalue weighted by Gasteiger charge is 2.27. The number of aryl methyl sites for hydroxylation is 1. The number of rotatable bonds is 3. The molecule has 7 heteroatoms. The Bertz CT molecular complexity index is 658. The lowest BCUT2D eigenvalue weighted by Crippen LogP contribution is -2.52. The molecule has 1 aromatic carbocycles. The van der Waals surface area contributed by atoms with Gasteiger partial charge in [0.25, 0.3) is 5.91 Å². The first kappa shape index (κ1) is 17.4. The van der Waals surface area contributed by atoms with E-state index in [9.17, 15) is 4.79 Å². The SMILES string of the molecule is CCc1nc(C(=O)N2CCNC[C@H]2C)nn1-c1ccccc1.Cl. The highest BCUT2D eigenvalue weighted by molar-refractivity contribution is 5.90. The predicted molar refractivity (Wildman–Crippen MR) is 91.4 cm³/mol. The van der Waals surface area contributed by atoms with Crippen LogP contribution in [0.25, 0.3) is 5.69 Å². The number of amides is 1. The van der Waals surface area contributed by atoms with Gasteiger partial charge in [-0.3, -0.25) is 4.79 Å². The van der Waals surface area contributed by atoms with Gasteiger partial charge in [0.2, 0.25) is 5.82 Å². The van der Waals surface area contributed by atoms with Crippen molar-refractivity contribution < 1.29 is 4.79 Å². The van der Waals surface area contributed by atoms with E-state index in [4.69, 9.17) is 0 Å². The van der Waals surface area contributed by atoms with Crippen LogP contribution in [0.5, 0.6) is 0 Å². The quantitative estimate of drug-likeness (QED) is 0.927. The van der Waals surface area contributed by atoms with Crippen LogP contribution < -0.4 is 5.32 Å². The summed E-state index contributed by atoms with van der Waals surface area (Å²) in [5, 5.41) is 7.74. The Labute approximate surface area is 142 Å². The van der Waals surface area contributed by atoms with Crippen molar-refractivity contribution in [3.63, 3.8) is 0 Å². The van der Waals surface area contributed by atoms with Crippen LogP contribution in [0.3, 0.4) is 0 Å². The van der Waals surface area contributed by atoms with Gasteiger partial charge in [-0.2, -0.15) is 0 Å². The fraction of sp³-hybridized carbons (Fsp3) is 0.438. The molecule has 0 spiro atoms. The molecule has 2 heterocycles. The first-order valence-corrected chi connectivity index (χ1v) is 7.73. The third kappa shape index (κ3) is 3.54. The number of nitrogens with zero attached hydrogens (tertiary/aromatic N) is 4. The summed E-state index contributed by atoms with van der Waals surface area (Å²) < 4.78 is 1.76. The summed E-state index contributed by atoms with van der Waals surface area (Å²) in [5.41, 5.74) is 0.930. The van der Waals surface area contributed by atoms with E-state index in [1.54, 1.807) is 4.68 Å². The van der Waals surface area contributed by atoms with E-state index in [0.717, 1.165) is 31.0 Å². The molecule has 0 radical (unpaired) electrons. The van der Waals surface area contributed by atoms with Gasteiger partial charge in [-0.1, -0.05) is 25.1 Å². The Morgan fingerprint density at radius 3 is 2.74 bits per heavy atom. The summed E-state index contributed by atoms with van der Waals surface area (Å²) >= 11 is 0.